The third kappa shape index (κ3) is 4.40. The number of rotatable bonds is 14. The van der Waals surface area contributed by atoms with Crippen molar-refractivity contribution >= 4 is 29.1 Å². The van der Waals surface area contributed by atoms with Crippen LogP contribution in [0.1, 0.15) is 58.1 Å². The van der Waals surface area contributed by atoms with Gasteiger partial charge >= 0.3 is 0 Å². The highest BCUT2D eigenvalue weighted by Crippen LogP contribution is 2.54. The number of fused-ring (bicyclic) bond motifs is 1. The third-order valence-corrected chi connectivity index (χ3v) is 6.66. The van der Waals surface area contributed by atoms with Gasteiger partial charge in [-0.15, -0.1) is 6.58 Å². The van der Waals surface area contributed by atoms with Crippen LogP contribution >= 0.6 is 0 Å². The Morgan fingerprint density at radius 3 is 2.59 bits per heavy atom. The molecule has 1 aromatic carbocycles. The third-order valence-electron chi connectivity index (χ3n) is 6.66. The van der Waals surface area contributed by atoms with E-state index in [2.05, 4.69) is 11.9 Å². The van der Waals surface area contributed by atoms with Crippen molar-refractivity contribution in [1.82, 2.24) is 10.2 Å². The van der Waals surface area contributed by atoms with Gasteiger partial charge in [0.1, 0.15) is 30.4 Å². The Morgan fingerprint density at radius 2 is 1.94 bits per heavy atom. The molecule has 2 aromatic rings. The number of carbonyl (C=O) groups is 3. The van der Waals surface area contributed by atoms with Gasteiger partial charge in [-0.3, -0.25) is 14.5 Å². The van der Waals surface area contributed by atoms with Gasteiger partial charge in [0.15, 0.2) is 0 Å². The molecule has 1 aliphatic heterocycles. The fourth-order valence-corrected chi connectivity index (χ4v) is 4.90. The van der Waals surface area contributed by atoms with E-state index < -0.39 is 11.3 Å². The Labute approximate surface area is 200 Å². The fraction of sp³-hybridized carbons (Fsp3) is 0.500. The van der Waals surface area contributed by atoms with Gasteiger partial charge in [0.25, 0.3) is 5.91 Å². The molecule has 0 radical (unpaired) electrons. The molecule has 1 N–H and O–H groups in total. The minimum atomic E-state index is -1.50. The van der Waals surface area contributed by atoms with E-state index in [1.807, 2.05) is 45.0 Å². The van der Waals surface area contributed by atoms with E-state index >= 15 is 0 Å². The number of hydrogen-bond donors (Lipinski definition) is 1. The topological polar surface area (TPSA) is 98.1 Å². The lowest BCUT2D eigenvalue weighted by Crippen LogP contribution is -2.80. The van der Waals surface area contributed by atoms with Gasteiger partial charge in [0.2, 0.25) is 11.8 Å². The number of furan rings is 1. The normalized spacial score (nSPS) is 20.1. The summed E-state index contributed by atoms with van der Waals surface area (Å²) in [6.45, 7) is 9.08. The van der Waals surface area contributed by atoms with Gasteiger partial charge in [0, 0.05) is 5.39 Å². The first-order valence-corrected chi connectivity index (χ1v) is 11.8. The highest BCUT2D eigenvalue weighted by molar-refractivity contribution is 5.94. The van der Waals surface area contributed by atoms with Crippen molar-refractivity contribution in [2.45, 2.75) is 58.4 Å². The first kappa shape index (κ1) is 25.6. The highest BCUT2D eigenvalue weighted by atomic mass is 16.7. The Kier molecular flexibility index (Phi) is 8.28. The summed E-state index contributed by atoms with van der Waals surface area (Å²) in [4.78, 5) is 38.9. The van der Waals surface area contributed by atoms with Crippen LogP contribution in [-0.4, -0.2) is 48.7 Å². The number of likely N-dealkylation sites (tertiary alicyclic amines) is 1. The van der Waals surface area contributed by atoms with E-state index in [9.17, 15) is 14.4 Å². The van der Waals surface area contributed by atoms with Crippen molar-refractivity contribution in [2.75, 3.05) is 19.8 Å². The van der Waals surface area contributed by atoms with Gasteiger partial charge in [-0.1, -0.05) is 39.3 Å². The minimum absolute atomic E-state index is 0.106. The predicted molar refractivity (Wildman–Crippen MR) is 128 cm³/mol. The average molecular weight is 471 g/mol. The zero-order valence-electron chi connectivity index (χ0n) is 20.2. The SMILES string of the molecule is C=CCOC1(OCC=O)N(CC(=O)N[C@H](CCC)c2ccc3occc3c2)C(=O)C1(CC)CC. The van der Waals surface area contributed by atoms with Crippen molar-refractivity contribution < 1.29 is 28.3 Å². The number of nitrogens with one attached hydrogen (secondary N) is 1. The van der Waals surface area contributed by atoms with E-state index in [-0.39, 0.29) is 37.6 Å². The molecule has 2 atom stereocenters. The van der Waals surface area contributed by atoms with E-state index in [1.54, 1.807) is 12.3 Å². The molecule has 184 valence electrons. The average Bonchev–Trinajstić information content (AvgIpc) is 3.32. The predicted octanol–water partition coefficient (Wildman–Crippen LogP) is 4.11. The second kappa shape index (κ2) is 11.0. The summed E-state index contributed by atoms with van der Waals surface area (Å²) < 4.78 is 17.3. The number of β-lactam (4-membered cyclic amide) rings is 1. The number of nitrogens with zero attached hydrogens (tertiary/aromatic N) is 1. The molecular formula is C26H34N2O6. The van der Waals surface area contributed by atoms with Gasteiger partial charge < -0.3 is 24.0 Å². The summed E-state index contributed by atoms with van der Waals surface area (Å²) in [5.41, 5.74) is 0.763. The molecule has 34 heavy (non-hydrogen) atoms. The van der Waals surface area contributed by atoms with E-state index in [1.165, 1.54) is 4.90 Å². The monoisotopic (exact) mass is 470 g/mol. The van der Waals surface area contributed by atoms with Crippen LogP contribution in [0.2, 0.25) is 0 Å². The minimum Gasteiger partial charge on any atom is -0.464 e. The van der Waals surface area contributed by atoms with Crippen molar-refractivity contribution in [3.05, 3.63) is 48.7 Å². The van der Waals surface area contributed by atoms with Gasteiger partial charge in [-0.25, -0.2) is 0 Å². The van der Waals surface area contributed by atoms with Crippen molar-refractivity contribution in [1.29, 1.82) is 0 Å². The Hall–Kier alpha value is -2.97. The van der Waals surface area contributed by atoms with Crippen LogP contribution in [0.4, 0.5) is 0 Å². The molecule has 0 aliphatic carbocycles. The molecule has 1 unspecified atom stereocenters. The van der Waals surface area contributed by atoms with Gasteiger partial charge in [-0.05, 0) is 43.0 Å². The number of aldehydes is 1. The molecule has 2 amide bonds. The smallest absolute Gasteiger partial charge is 0.270 e. The van der Waals surface area contributed by atoms with Crippen molar-refractivity contribution in [3.63, 3.8) is 0 Å². The first-order chi connectivity index (χ1) is 16.4. The zero-order valence-corrected chi connectivity index (χ0v) is 20.2. The molecule has 8 nitrogen and oxygen atoms in total. The second-order valence-corrected chi connectivity index (χ2v) is 8.47. The quantitative estimate of drug-likeness (QED) is 0.193. The van der Waals surface area contributed by atoms with Crippen LogP contribution in [0.5, 0.6) is 0 Å². The van der Waals surface area contributed by atoms with E-state index in [0.29, 0.717) is 19.1 Å². The summed E-state index contributed by atoms with van der Waals surface area (Å²) in [7, 11) is 0. The molecule has 0 bridgehead atoms. The number of hydrogen-bond acceptors (Lipinski definition) is 6. The maximum Gasteiger partial charge on any atom is 0.270 e. The standard InChI is InChI=1S/C26H34N2O6/c1-5-9-21(19-10-11-22-20(17-19)12-15-32-22)27-23(30)18-28-24(31)25(7-3,8-4)26(28,33-14-6-2)34-16-13-29/h6,10-13,15,17,21H,2,5,7-9,14,16,18H2,1,3-4H3,(H,27,30)/t21-,26?/m1/s1. The van der Waals surface area contributed by atoms with Crippen LogP contribution in [0.3, 0.4) is 0 Å². The molecule has 3 rings (SSSR count). The Morgan fingerprint density at radius 1 is 1.21 bits per heavy atom. The van der Waals surface area contributed by atoms with Crippen molar-refractivity contribution in [2.24, 2.45) is 5.41 Å². The lowest BCUT2D eigenvalue weighted by molar-refractivity contribution is -0.391. The molecule has 1 fully saturated rings. The summed E-state index contributed by atoms with van der Waals surface area (Å²) in [5, 5.41) is 4.02. The Balaban J connectivity index is 1.83. The largest absolute Gasteiger partial charge is 0.464 e. The number of amides is 2. The number of carbonyl (C=O) groups excluding carboxylic acids is 3. The van der Waals surface area contributed by atoms with Crippen LogP contribution < -0.4 is 5.32 Å². The number of benzene rings is 1. The molecule has 0 saturated carbocycles. The number of ether oxygens (including phenoxy) is 2. The summed E-state index contributed by atoms with van der Waals surface area (Å²) in [5.74, 6) is -2.06. The van der Waals surface area contributed by atoms with Crippen molar-refractivity contribution in [3.8, 4) is 0 Å². The lowest BCUT2D eigenvalue weighted by atomic mass is 9.69. The van der Waals surface area contributed by atoms with Crippen LogP contribution in [-0.2, 0) is 23.9 Å². The summed E-state index contributed by atoms with van der Waals surface area (Å²) in [6.07, 6.45) is 6.27. The summed E-state index contributed by atoms with van der Waals surface area (Å²) in [6, 6.07) is 7.47. The first-order valence-electron chi connectivity index (χ1n) is 11.8. The fourth-order valence-electron chi connectivity index (χ4n) is 4.90. The molecule has 8 heteroatoms. The highest BCUT2D eigenvalue weighted by Gasteiger charge is 2.72. The van der Waals surface area contributed by atoms with Crippen LogP contribution in [0.15, 0.2) is 47.6 Å². The second-order valence-electron chi connectivity index (χ2n) is 8.47. The zero-order chi connectivity index (χ0) is 24.8. The maximum atomic E-state index is 13.3. The summed E-state index contributed by atoms with van der Waals surface area (Å²) >= 11 is 0. The molecular weight excluding hydrogens is 436 g/mol. The van der Waals surface area contributed by atoms with Gasteiger partial charge in [-0.2, -0.15) is 0 Å². The van der Waals surface area contributed by atoms with Gasteiger partial charge in [0.05, 0.1) is 18.9 Å². The molecule has 1 aromatic heterocycles. The maximum absolute atomic E-state index is 13.3. The molecule has 0 spiro atoms. The molecule has 2 heterocycles. The lowest BCUT2D eigenvalue weighted by Gasteiger charge is -2.62. The van der Waals surface area contributed by atoms with Crippen LogP contribution in [0, 0.1) is 5.41 Å². The Bertz CT molecular complexity index is 1010. The van der Waals surface area contributed by atoms with Crippen LogP contribution in [0.25, 0.3) is 11.0 Å². The molecule has 1 aliphatic rings. The van der Waals surface area contributed by atoms with E-state index in [4.69, 9.17) is 13.9 Å². The molecule has 1 saturated heterocycles. The van der Waals surface area contributed by atoms with E-state index in [0.717, 1.165) is 29.4 Å².